The van der Waals surface area contributed by atoms with Crippen LogP contribution in [0.5, 0.6) is 11.5 Å². The quantitative estimate of drug-likeness (QED) is 0.525. The van der Waals surface area contributed by atoms with Gasteiger partial charge in [-0.2, -0.15) is 0 Å². The van der Waals surface area contributed by atoms with E-state index in [1.807, 2.05) is 0 Å². The first-order chi connectivity index (χ1) is 11.0. The number of carbonyl (C=O) groups excluding carboxylic acids is 1. The number of esters is 1. The third-order valence-corrected chi connectivity index (χ3v) is 6.31. The van der Waals surface area contributed by atoms with Crippen molar-refractivity contribution in [2.75, 3.05) is 0 Å². The minimum absolute atomic E-state index is 0.0579. The second-order valence-corrected chi connectivity index (χ2v) is 7.40. The molecule has 0 unspecified atom stereocenters. The molecule has 0 radical (unpaired) electrons. The molecular weight excluding hydrogens is 342 g/mol. The Bertz CT molecular complexity index is 901. The maximum Gasteiger partial charge on any atom is 0.317 e. The number of ether oxygens (including phenoxy) is 1. The van der Waals surface area contributed by atoms with Gasteiger partial charge in [-0.25, -0.2) is 0 Å². The zero-order chi connectivity index (χ0) is 16.3. The molecule has 23 heavy (non-hydrogen) atoms. The van der Waals surface area contributed by atoms with Gasteiger partial charge >= 0.3 is 16.8 Å². The van der Waals surface area contributed by atoms with E-state index in [1.54, 1.807) is 6.07 Å². The monoisotopic (exact) mass is 351 g/mol. The summed E-state index contributed by atoms with van der Waals surface area (Å²) in [6.07, 6.45) is 0. The van der Waals surface area contributed by atoms with Crippen LogP contribution in [-0.2, 0) is 9.59 Å². The number of hydrogen-bond donors (Lipinski definition) is 3. The highest BCUT2D eigenvalue weighted by molar-refractivity contribution is 8.00. The summed E-state index contributed by atoms with van der Waals surface area (Å²) in [6, 6.07) is 4.36. The van der Waals surface area contributed by atoms with Gasteiger partial charge in [-0.05, 0) is 6.07 Å². The molecule has 1 aromatic carbocycles. The van der Waals surface area contributed by atoms with E-state index >= 15 is 0 Å². The predicted molar refractivity (Wildman–Crippen MR) is 81.3 cm³/mol. The molecule has 0 bridgehead atoms. The predicted octanol–water partition coefficient (Wildman–Crippen LogP) is 1.37. The number of benzene rings is 1. The number of aromatic hydroxyl groups is 1. The van der Waals surface area contributed by atoms with Crippen molar-refractivity contribution in [1.29, 1.82) is 0 Å². The maximum atomic E-state index is 12.4. The molecule has 7 nitrogen and oxygen atoms in total. The minimum atomic E-state index is -1.14. The molecular formula is C14H9NO6S2. The van der Waals surface area contributed by atoms with Crippen LogP contribution in [0.3, 0.4) is 0 Å². The number of thiazole rings is 1. The first-order valence-corrected chi connectivity index (χ1v) is 8.32. The largest absolute Gasteiger partial charge is 0.508 e. The van der Waals surface area contributed by atoms with Crippen molar-refractivity contribution < 1.29 is 24.5 Å². The first-order valence-electron chi connectivity index (χ1n) is 6.63. The lowest BCUT2D eigenvalue weighted by atomic mass is 9.80. The molecule has 1 aromatic heterocycles. The highest BCUT2D eigenvalue weighted by Crippen LogP contribution is 2.53. The van der Waals surface area contributed by atoms with E-state index < -0.39 is 29.0 Å². The molecule has 9 heteroatoms. The lowest BCUT2D eigenvalue weighted by molar-refractivity contribution is -0.147. The molecule has 3 N–H and O–H groups in total. The molecule has 0 saturated heterocycles. The van der Waals surface area contributed by atoms with Gasteiger partial charge in [-0.3, -0.25) is 14.4 Å². The summed E-state index contributed by atoms with van der Waals surface area (Å²) in [5.41, 5.74) is 0.593. The van der Waals surface area contributed by atoms with Gasteiger partial charge in [0.15, 0.2) is 0 Å². The van der Waals surface area contributed by atoms with Crippen molar-refractivity contribution in [2.24, 2.45) is 5.92 Å². The number of fused-ring (bicyclic) bond motifs is 5. The van der Waals surface area contributed by atoms with E-state index in [0.717, 1.165) is 23.1 Å². The number of carbonyl (C=O) groups is 2. The average molecular weight is 351 g/mol. The molecule has 0 spiro atoms. The number of aromatic nitrogens is 1. The van der Waals surface area contributed by atoms with Crippen molar-refractivity contribution in [3.63, 3.8) is 0 Å². The van der Waals surface area contributed by atoms with Gasteiger partial charge in [-0.1, -0.05) is 29.2 Å². The molecule has 3 heterocycles. The Morgan fingerprint density at radius 1 is 1.30 bits per heavy atom. The summed E-state index contributed by atoms with van der Waals surface area (Å²) in [6.45, 7) is 0. The molecule has 0 fully saturated rings. The molecule has 3 atom stereocenters. The van der Waals surface area contributed by atoms with Gasteiger partial charge in [0, 0.05) is 22.4 Å². The Labute approximate surface area is 136 Å². The zero-order valence-corrected chi connectivity index (χ0v) is 12.9. The highest BCUT2D eigenvalue weighted by Gasteiger charge is 2.51. The number of nitrogens with one attached hydrogen (secondary N) is 1. The summed E-state index contributed by atoms with van der Waals surface area (Å²) in [5.74, 6) is -3.17. The molecule has 2 aliphatic rings. The number of hydrogen-bond acceptors (Lipinski definition) is 7. The number of phenolic OH excluding ortho intramolecular Hbond substituents is 1. The summed E-state index contributed by atoms with van der Waals surface area (Å²) in [5, 5.41) is 18.5. The van der Waals surface area contributed by atoms with E-state index in [4.69, 9.17) is 4.74 Å². The van der Waals surface area contributed by atoms with Crippen molar-refractivity contribution in [3.05, 3.63) is 38.3 Å². The number of aliphatic carboxylic acids is 1. The number of aromatic amines is 1. The maximum absolute atomic E-state index is 12.4. The van der Waals surface area contributed by atoms with Crippen LogP contribution in [-0.4, -0.2) is 32.4 Å². The fourth-order valence-electron chi connectivity index (χ4n) is 3.00. The average Bonchev–Trinajstić information content (AvgIpc) is 2.85. The second-order valence-electron chi connectivity index (χ2n) is 5.23. The fraction of sp³-hybridized carbons (Fsp3) is 0.214. The summed E-state index contributed by atoms with van der Waals surface area (Å²) in [7, 11) is 0. The number of rotatable bonds is 1. The third kappa shape index (κ3) is 2.07. The van der Waals surface area contributed by atoms with Crippen LogP contribution in [0.2, 0.25) is 0 Å². The molecule has 4 rings (SSSR count). The lowest BCUT2D eigenvalue weighted by Crippen LogP contribution is -2.44. The summed E-state index contributed by atoms with van der Waals surface area (Å²) >= 11 is 1.92. The van der Waals surface area contributed by atoms with Gasteiger partial charge < -0.3 is 19.9 Å². The Kier molecular flexibility index (Phi) is 3.03. The Balaban J connectivity index is 1.98. The molecule has 0 saturated carbocycles. The number of carboxylic acids is 1. The fourth-order valence-corrected chi connectivity index (χ4v) is 5.39. The number of H-pyrrole nitrogens is 1. The van der Waals surface area contributed by atoms with Gasteiger partial charge in [0.2, 0.25) is 0 Å². The molecule has 118 valence electrons. The Morgan fingerprint density at radius 3 is 2.83 bits per heavy atom. The van der Waals surface area contributed by atoms with E-state index in [0.29, 0.717) is 15.5 Å². The van der Waals surface area contributed by atoms with Gasteiger partial charge in [0.1, 0.15) is 16.7 Å². The highest BCUT2D eigenvalue weighted by atomic mass is 32.2. The first kappa shape index (κ1) is 14.3. The summed E-state index contributed by atoms with van der Waals surface area (Å²) < 4.78 is 5.23. The van der Waals surface area contributed by atoms with Crippen LogP contribution in [0.25, 0.3) is 0 Å². The van der Waals surface area contributed by atoms with Crippen molar-refractivity contribution >= 4 is 35.0 Å². The smallest absolute Gasteiger partial charge is 0.317 e. The van der Waals surface area contributed by atoms with Crippen molar-refractivity contribution in [3.8, 4) is 11.5 Å². The second kappa shape index (κ2) is 4.87. The van der Waals surface area contributed by atoms with Crippen LogP contribution in [0.1, 0.15) is 16.4 Å². The Morgan fingerprint density at radius 2 is 2.09 bits per heavy atom. The number of phenols is 1. The third-order valence-electron chi connectivity index (χ3n) is 3.91. The number of thioether (sulfide) groups is 1. The minimum Gasteiger partial charge on any atom is -0.508 e. The van der Waals surface area contributed by atoms with Crippen LogP contribution in [0.4, 0.5) is 0 Å². The molecule has 0 aliphatic carbocycles. The zero-order valence-electron chi connectivity index (χ0n) is 11.3. The van der Waals surface area contributed by atoms with Crippen LogP contribution in [0, 0.1) is 5.92 Å². The van der Waals surface area contributed by atoms with Gasteiger partial charge in [0.05, 0.1) is 10.9 Å². The molecule has 2 aliphatic heterocycles. The van der Waals surface area contributed by atoms with Crippen LogP contribution in [0.15, 0.2) is 28.0 Å². The normalized spacial score (nSPS) is 25.0. The summed E-state index contributed by atoms with van der Waals surface area (Å²) in [4.78, 5) is 38.6. The van der Waals surface area contributed by atoms with E-state index in [2.05, 4.69) is 4.98 Å². The van der Waals surface area contributed by atoms with Gasteiger partial charge in [-0.15, -0.1) is 0 Å². The topological polar surface area (TPSA) is 117 Å². The van der Waals surface area contributed by atoms with Gasteiger partial charge in [0.25, 0.3) is 0 Å². The van der Waals surface area contributed by atoms with E-state index in [9.17, 15) is 24.6 Å². The Hall–Kier alpha value is -2.26. The number of carboxylic acid groups (broad SMARTS) is 1. The standard InChI is InChI=1S/C14H9NO6S2/c16-4-1-2-5-6(3-4)21-13(19)8-7(5)9-11(15-14(20)23-9)22-10(8)12(17)18/h1-3,7-8,10,16H,(H,15,20)(H,17,18)/t7-,8-,10+/m1/s1. The van der Waals surface area contributed by atoms with E-state index in [1.165, 1.54) is 12.1 Å². The van der Waals surface area contributed by atoms with E-state index in [-0.39, 0.29) is 16.4 Å². The molecule has 2 aromatic rings. The van der Waals surface area contributed by atoms with Crippen LogP contribution >= 0.6 is 23.1 Å². The molecule has 0 amide bonds. The van der Waals surface area contributed by atoms with Crippen molar-refractivity contribution in [1.82, 2.24) is 4.98 Å². The van der Waals surface area contributed by atoms with Crippen LogP contribution < -0.4 is 9.61 Å². The lowest BCUT2D eigenvalue weighted by Gasteiger charge is -2.37. The van der Waals surface area contributed by atoms with Crippen molar-refractivity contribution in [2.45, 2.75) is 16.2 Å². The SMILES string of the molecule is O=C1Oc2cc(O)ccc2[C@H]2c3sc(=O)[nH]c3S[C@H](C(=O)O)[C@H]12.